The van der Waals surface area contributed by atoms with Crippen molar-refractivity contribution >= 4 is 44.6 Å². The van der Waals surface area contributed by atoms with Crippen molar-refractivity contribution in [1.29, 1.82) is 0 Å². The fraction of sp³-hybridized carbons (Fsp3) is 0.286. The molecule has 0 unspecified atom stereocenters. The van der Waals surface area contributed by atoms with E-state index in [4.69, 9.17) is 5.73 Å². The molecule has 2 N–H and O–H groups in total. The van der Waals surface area contributed by atoms with Crippen molar-refractivity contribution in [3.63, 3.8) is 0 Å². The highest BCUT2D eigenvalue weighted by Gasteiger charge is 2.25. The number of aromatic nitrogens is 4. The molecule has 10 heteroatoms. The fourth-order valence-electron chi connectivity index (χ4n) is 3.59. The molecule has 1 amide bonds. The summed E-state index contributed by atoms with van der Waals surface area (Å²) < 4.78 is 0. The minimum absolute atomic E-state index is 0.0199. The smallest absolute Gasteiger partial charge is 0.264 e. The molecular weight excluding hydrogens is 430 g/mol. The van der Waals surface area contributed by atoms with Crippen LogP contribution in [0.4, 0.5) is 5.82 Å². The maximum atomic E-state index is 13.1. The second-order valence-electron chi connectivity index (χ2n) is 7.45. The molecule has 1 saturated heterocycles. The molecule has 5 heterocycles. The third-order valence-electron chi connectivity index (χ3n) is 5.21. The summed E-state index contributed by atoms with van der Waals surface area (Å²) in [4.78, 5) is 36.5. The van der Waals surface area contributed by atoms with Gasteiger partial charge in [-0.2, -0.15) is 0 Å². The van der Waals surface area contributed by atoms with Crippen LogP contribution in [0, 0.1) is 6.92 Å². The molecule has 158 valence electrons. The number of nitrogen functional groups attached to an aromatic ring is 1. The highest BCUT2D eigenvalue weighted by atomic mass is 32.1. The Morgan fingerprint density at radius 3 is 2.71 bits per heavy atom. The lowest BCUT2D eigenvalue weighted by Crippen LogP contribution is -2.48. The van der Waals surface area contributed by atoms with Crippen LogP contribution in [-0.4, -0.2) is 61.8 Å². The number of nitrogens with two attached hydrogens (primary N) is 1. The number of pyridine rings is 1. The van der Waals surface area contributed by atoms with E-state index in [-0.39, 0.29) is 5.91 Å². The summed E-state index contributed by atoms with van der Waals surface area (Å²) in [7, 11) is 0. The number of hydrogen-bond acceptors (Lipinski definition) is 9. The minimum Gasteiger partial charge on any atom is -0.383 e. The van der Waals surface area contributed by atoms with E-state index in [0.717, 1.165) is 41.4 Å². The van der Waals surface area contributed by atoms with Gasteiger partial charge in [0.2, 0.25) is 0 Å². The standard InChI is InChI=1S/C21H21N7OS2/c1-13-12-30-20(24-13)18-25-17(22)15-10-16(31-19(15)26-18)21(29)28-8-6-27(7-9-28)11-14-4-2-3-5-23-14/h2-5,10,12H,6-9,11H2,1H3,(H2,22,25,26). The molecule has 0 aromatic carbocycles. The number of amides is 1. The molecule has 0 bridgehead atoms. The molecule has 4 aromatic heterocycles. The van der Waals surface area contributed by atoms with Crippen LogP contribution < -0.4 is 5.73 Å². The molecule has 31 heavy (non-hydrogen) atoms. The van der Waals surface area contributed by atoms with E-state index in [1.54, 1.807) is 0 Å². The molecule has 1 aliphatic rings. The molecule has 8 nitrogen and oxygen atoms in total. The first kappa shape index (κ1) is 20.0. The first-order chi connectivity index (χ1) is 15.1. The molecule has 1 aliphatic heterocycles. The normalized spacial score (nSPS) is 14.9. The lowest BCUT2D eigenvalue weighted by Gasteiger charge is -2.34. The number of carbonyl (C=O) groups excluding carboxylic acids is 1. The number of piperazine rings is 1. The van der Waals surface area contributed by atoms with Crippen LogP contribution in [-0.2, 0) is 6.54 Å². The van der Waals surface area contributed by atoms with Crippen molar-refractivity contribution in [1.82, 2.24) is 29.7 Å². The third-order valence-corrected chi connectivity index (χ3v) is 7.19. The first-order valence-corrected chi connectivity index (χ1v) is 11.7. The Morgan fingerprint density at radius 1 is 1.16 bits per heavy atom. The third kappa shape index (κ3) is 4.14. The van der Waals surface area contributed by atoms with E-state index < -0.39 is 0 Å². The summed E-state index contributed by atoms with van der Waals surface area (Å²) in [6.45, 7) is 5.75. The molecule has 0 atom stereocenters. The Bertz CT molecular complexity index is 1230. The summed E-state index contributed by atoms with van der Waals surface area (Å²) >= 11 is 2.85. The maximum absolute atomic E-state index is 13.1. The van der Waals surface area contributed by atoms with Crippen molar-refractivity contribution < 1.29 is 4.79 Å². The van der Waals surface area contributed by atoms with Crippen LogP contribution in [0.3, 0.4) is 0 Å². The number of hydrogen-bond donors (Lipinski definition) is 1. The second kappa shape index (κ2) is 8.29. The molecule has 4 aromatic rings. The largest absolute Gasteiger partial charge is 0.383 e. The van der Waals surface area contributed by atoms with Gasteiger partial charge in [0, 0.05) is 50.0 Å². The van der Waals surface area contributed by atoms with Gasteiger partial charge in [0.05, 0.1) is 16.0 Å². The van der Waals surface area contributed by atoms with Gasteiger partial charge in [-0.1, -0.05) is 6.07 Å². The Hall–Kier alpha value is -2.95. The Balaban J connectivity index is 1.30. The predicted molar refractivity (Wildman–Crippen MR) is 123 cm³/mol. The van der Waals surface area contributed by atoms with E-state index in [1.807, 2.05) is 47.7 Å². The highest BCUT2D eigenvalue weighted by Crippen LogP contribution is 2.31. The van der Waals surface area contributed by atoms with Gasteiger partial charge < -0.3 is 10.6 Å². The molecule has 0 radical (unpaired) electrons. The van der Waals surface area contributed by atoms with E-state index in [0.29, 0.717) is 34.4 Å². The molecule has 1 fully saturated rings. The van der Waals surface area contributed by atoms with Crippen LogP contribution in [0.1, 0.15) is 21.1 Å². The van der Waals surface area contributed by atoms with Crippen molar-refractivity contribution in [3.8, 4) is 10.8 Å². The summed E-state index contributed by atoms with van der Waals surface area (Å²) in [5.74, 6) is 0.905. The van der Waals surface area contributed by atoms with Crippen LogP contribution in [0.5, 0.6) is 0 Å². The van der Waals surface area contributed by atoms with Gasteiger partial charge in [0.1, 0.15) is 10.6 Å². The predicted octanol–water partition coefficient (Wildman–Crippen LogP) is 3.06. The number of carbonyl (C=O) groups is 1. The zero-order chi connectivity index (χ0) is 21.4. The second-order valence-corrected chi connectivity index (χ2v) is 9.33. The van der Waals surface area contributed by atoms with Gasteiger partial charge in [-0.25, -0.2) is 15.0 Å². The molecule has 0 spiro atoms. The van der Waals surface area contributed by atoms with E-state index in [1.165, 1.54) is 22.7 Å². The zero-order valence-electron chi connectivity index (χ0n) is 17.0. The van der Waals surface area contributed by atoms with E-state index >= 15 is 0 Å². The van der Waals surface area contributed by atoms with Crippen LogP contribution in [0.2, 0.25) is 0 Å². The quantitative estimate of drug-likeness (QED) is 0.509. The average Bonchev–Trinajstić information content (AvgIpc) is 3.41. The maximum Gasteiger partial charge on any atom is 0.264 e. The topological polar surface area (TPSA) is 101 Å². The monoisotopic (exact) mass is 451 g/mol. The number of rotatable bonds is 4. The summed E-state index contributed by atoms with van der Waals surface area (Å²) in [6.07, 6.45) is 1.81. The van der Waals surface area contributed by atoms with Gasteiger partial charge in [-0.05, 0) is 25.1 Å². The highest BCUT2D eigenvalue weighted by molar-refractivity contribution is 7.20. The zero-order valence-corrected chi connectivity index (χ0v) is 18.6. The number of thiophene rings is 1. The fourth-order valence-corrected chi connectivity index (χ4v) is 5.32. The minimum atomic E-state index is 0.0199. The SMILES string of the molecule is Cc1csc(-c2nc(N)c3cc(C(=O)N4CCN(Cc5ccccn5)CC4)sc3n2)n1. The summed E-state index contributed by atoms with van der Waals surface area (Å²) in [5.41, 5.74) is 8.15. The average molecular weight is 452 g/mol. The number of aryl methyl sites for hydroxylation is 1. The van der Waals surface area contributed by atoms with Crippen molar-refractivity contribution in [3.05, 3.63) is 52.1 Å². The van der Waals surface area contributed by atoms with Gasteiger partial charge >= 0.3 is 0 Å². The molecular formula is C21H21N7OS2. The molecule has 0 aliphatic carbocycles. The van der Waals surface area contributed by atoms with E-state index in [2.05, 4.69) is 24.8 Å². The van der Waals surface area contributed by atoms with Gasteiger partial charge in [0.25, 0.3) is 5.91 Å². The van der Waals surface area contributed by atoms with Gasteiger partial charge in [-0.3, -0.25) is 14.7 Å². The summed E-state index contributed by atoms with van der Waals surface area (Å²) in [5, 5.41) is 3.41. The Labute approximate surface area is 187 Å². The van der Waals surface area contributed by atoms with Gasteiger partial charge in [-0.15, -0.1) is 22.7 Å². The number of thiazole rings is 1. The molecule has 5 rings (SSSR count). The number of nitrogens with zero attached hydrogens (tertiary/aromatic N) is 6. The molecule has 0 saturated carbocycles. The van der Waals surface area contributed by atoms with Crippen molar-refractivity contribution in [2.75, 3.05) is 31.9 Å². The number of anilines is 1. The summed E-state index contributed by atoms with van der Waals surface area (Å²) in [6, 6.07) is 7.76. The van der Waals surface area contributed by atoms with Gasteiger partial charge in [0.15, 0.2) is 10.8 Å². The Morgan fingerprint density at radius 2 is 2.00 bits per heavy atom. The van der Waals surface area contributed by atoms with E-state index in [9.17, 15) is 4.79 Å². The van der Waals surface area contributed by atoms with Crippen molar-refractivity contribution in [2.45, 2.75) is 13.5 Å². The Kier molecular flexibility index (Phi) is 5.34. The van der Waals surface area contributed by atoms with Crippen LogP contribution in [0.15, 0.2) is 35.8 Å². The van der Waals surface area contributed by atoms with Crippen molar-refractivity contribution in [2.24, 2.45) is 0 Å². The van der Waals surface area contributed by atoms with Crippen LogP contribution in [0.25, 0.3) is 21.0 Å². The first-order valence-electron chi connectivity index (χ1n) is 9.98. The lowest BCUT2D eigenvalue weighted by molar-refractivity contribution is 0.0632. The lowest BCUT2D eigenvalue weighted by atomic mass is 10.2. The number of fused-ring (bicyclic) bond motifs is 1. The van der Waals surface area contributed by atoms with Crippen LogP contribution >= 0.6 is 22.7 Å².